The minimum Gasteiger partial charge on any atom is -0.493 e. The van der Waals surface area contributed by atoms with Crippen molar-refractivity contribution in [3.8, 4) is 23.0 Å². The lowest BCUT2D eigenvalue weighted by atomic mass is 9.97. The van der Waals surface area contributed by atoms with Crippen molar-refractivity contribution >= 4 is 44.6 Å². The van der Waals surface area contributed by atoms with Gasteiger partial charge in [-0.3, -0.25) is 19.0 Å². The molecule has 3 N–H and O–H groups in total. The number of nitrogens with two attached hydrogens (primary N) is 1. The smallest absolute Gasteiger partial charge is 0.261 e. The molecule has 3 heterocycles. The van der Waals surface area contributed by atoms with Crippen molar-refractivity contribution in [1.82, 2.24) is 14.9 Å². The van der Waals surface area contributed by atoms with Gasteiger partial charge in [0.1, 0.15) is 5.82 Å². The van der Waals surface area contributed by atoms with E-state index in [0.29, 0.717) is 77.9 Å². The number of piperidine rings is 1. The second kappa shape index (κ2) is 12.9. The number of carbonyl (C=O) groups excluding carboxylic acids is 2. The Balaban J connectivity index is 0.000000782. The number of imide groups is 1. The number of carbonyl (C=O) groups is 2. The Bertz CT molecular complexity index is 1620. The number of nitrogens with zero attached hydrogens (tertiary/aromatic N) is 4. The highest BCUT2D eigenvalue weighted by Crippen LogP contribution is 2.38. The zero-order valence-electron chi connectivity index (χ0n) is 24.6. The Morgan fingerprint density at radius 2 is 1.44 bits per heavy atom. The number of ether oxygens (including phenoxy) is 4. The minimum atomic E-state index is -3.67. The van der Waals surface area contributed by atoms with Crippen LogP contribution in [0.1, 0.15) is 30.7 Å². The summed E-state index contributed by atoms with van der Waals surface area (Å²) >= 11 is 0. The number of hydrogen-bond acceptors (Lipinski definition) is 12. The van der Waals surface area contributed by atoms with Crippen LogP contribution in [0, 0.1) is 0 Å². The lowest BCUT2D eigenvalue weighted by molar-refractivity contribution is -0.141. The van der Waals surface area contributed by atoms with Gasteiger partial charge in [-0.15, -0.1) is 0 Å². The predicted molar refractivity (Wildman–Crippen MR) is 159 cm³/mol. The number of anilines is 2. The predicted octanol–water partition coefficient (Wildman–Crippen LogP) is 2.26. The van der Waals surface area contributed by atoms with Crippen molar-refractivity contribution in [3.63, 3.8) is 0 Å². The Labute approximate surface area is 249 Å². The first-order valence-corrected chi connectivity index (χ1v) is 15.2. The molecule has 0 aliphatic carbocycles. The second-order valence-corrected chi connectivity index (χ2v) is 11.5. The van der Waals surface area contributed by atoms with E-state index in [-0.39, 0.29) is 24.3 Å². The molecule has 0 spiro atoms. The molecule has 0 saturated carbocycles. The van der Waals surface area contributed by atoms with Crippen molar-refractivity contribution in [2.24, 2.45) is 0 Å². The summed E-state index contributed by atoms with van der Waals surface area (Å²) in [5.74, 6) is 2.20. The molecule has 43 heavy (non-hydrogen) atoms. The summed E-state index contributed by atoms with van der Waals surface area (Å²) in [6, 6.07) is 8.70. The lowest BCUT2D eigenvalue weighted by Crippen LogP contribution is -2.47. The normalized spacial score (nSPS) is 17.5. The molecular formula is C28H35N5O9S. The molecule has 2 fully saturated rings. The Kier molecular flexibility index (Phi) is 9.45. The fraction of sp³-hybridized carbons (Fsp3) is 0.429. The highest BCUT2D eigenvalue weighted by molar-refractivity contribution is 7.85. The largest absolute Gasteiger partial charge is 0.493 e. The molecule has 2 aliphatic rings. The van der Waals surface area contributed by atoms with Gasteiger partial charge in [-0.05, 0) is 36.6 Å². The van der Waals surface area contributed by atoms with Crippen LogP contribution in [-0.2, 0) is 19.7 Å². The number of amides is 2. The van der Waals surface area contributed by atoms with Gasteiger partial charge in [-0.25, -0.2) is 4.98 Å². The van der Waals surface area contributed by atoms with Crippen molar-refractivity contribution in [2.75, 3.05) is 58.4 Å². The number of nitrogen functional groups attached to an aromatic ring is 1. The van der Waals surface area contributed by atoms with E-state index >= 15 is 0 Å². The Morgan fingerprint density at radius 1 is 0.884 bits per heavy atom. The zero-order chi connectivity index (χ0) is 31.5. The first-order valence-electron chi connectivity index (χ1n) is 13.3. The molecule has 0 radical (unpaired) electrons. The highest BCUT2D eigenvalue weighted by atomic mass is 32.2. The molecule has 2 saturated heterocycles. The average molecular weight is 618 g/mol. The Hall–Kier alpha value is -4.37. The fourth-order valence-electron chi connectivity index (χ4n) is 5.30. The molecule has 2 aliphatic heterocycles. The topological polar surface area (TPSA) is 184 Å². The molecule has 1 unspecified atom stereocenters. The van der Waals surface area contributed by atoms with Crippen molar-refractivity contribution in [3.05, 3.63) is 35.9 Å². The van der Waals surface area contributed by atoms with Gasteiger partial charge in [0.05, 0.1) is 46.1 Å². The summed E-state index contributed by atoms with van der Waals surface area (Å²) in [6.45, 7) is 1.17. The first kappa shape index (κ1) is 31.6. The zero-order valence-corrected chi connectivity index (χ0v) is 25.4. The van der Waals surface area contributed by atoms with E-state index in [1.165, 1.54) is 4.90 Å². The average Bonchev–Trinajstić information content (AvgIpc) is 3.28. The maximum Gasteiger partial charge on any atom is 0.261 e. The lowest BCUT2D eigenvalue weighted by Gasteiger charge is -2.36. The third kappa shape index (κ3) is 7.00. The Morgan fingerprint density at radius 3 is 2.02 bits per heavy atom. The number of aromatic nitrogens is 2. The van der Waals surface area contributed by atoms with Crippen molar-refractivity contribution < 1.29 is 41.5 Å². The van der Waals surface area contributed by atoms with Gasteiger partial charge < -0.3 is 29.6 Å². The van der Waals surface area contributed by atoms with Crippen LogP contribution in [0.2, 0.25) is 0 Å². The molecule has 1 atom stereocenters. The number of benzene rings is 2. The van der Waals surface area contributed by atoms with Crippen LogP contribution in [0.15, 0.2) is 30.3 Å². The summed E-state index contributed by atoms with van der Waals surface area (Å²) < 4.78 is 47.3. The third-order valence-corrected chi connectivity index (χ3v) is 7.32. The van der Waals surface area contributed by atoms with Gasteiger partial charge in [0.15, 0.2) is 23.0 Å². The fourth-order valence-corrected chi connectivity index (χ4v) is 5.30. The quantitative estimate of drug-likeness (QED) is 0.291. The van der Waals surface area contributed by atoms with E-state index in [0.717, 1.165) is 5.56 Å². The molecular weight excluding hydrogens is 582 g/mol. The summed E-state index contributed by atoms with van der Waals surface area (Å²) in [6.07, 6.45) is 2.09. The van der Waals surface area contributed by atoms with E-state index in [4.69, 9.17) is 34.2 Å². The highest BCUT2D eigenvalue weighted by Gasteiger charge is 2.44. The summed E-state index contributed by atoms with van der Waals surface area (Å²) in [5, 5.41) is 0.677. The summed E-state index contributed by atoms with van der Waals surface area (Å²) in [4.78, 5) is 39.1. The van der Waals surface area contributed by atoms with Crippen LogP contribution in [0.4, 0.5) is 11.8 Å². The number of hydrogen-bond donors (Lipinski definition) is 2. The molecule has 5 rings (SSSR count). The monoisotopic (exact) mass is 617 g/mol. The third-order valence-electron chi connectivity index (χ3n) is 7.32. The SMILES string of the molecule is COc1ccc(C2CC(=O)N(C3CCN(c4nc(N)c5cc(OC)c(OC)cc5n4)CC3)C2=O)cc1OC.CS(=O)(=O)O. The molecule has 2 amide bonds. The van der Waals surface area contributed by atoms with E-state index in [1.54, 1.807) is 52.7 Å². The van der Waals surface area contributed by atoms with Crippen LogP contribution in [-0.4, -0.2) is 93.5 Å². The molecule has 15 heteroatoms. The molecule has 2 aromatic carbocycles. The molecule has 0 bridgehead atoms. The van der Waals surface area contributed by atoms with E-state index in [2.05, 4.69) is 4.98 Å². The van der Waals surface area contributed by atoms with Crippen molar-refractivity contribution in [1.29, 1.82) is 0 Å². The van der Waals surface area contributed by atoms with Crippen LogP contribution < -0.4 is 29.6 Å². The number of methoxy groups -OCH3 is 4. The second-order valence-electron chi connectivity index (χ2n) is 10.1. The number of likely N-dealkylation sites (tertiary alicyclic amines) is 1. The number of fused-ring (bicyclic) bond motifs is 1. The molecule has 3 aromatic rings. The maximum absolute atomic E-state index is 13.4. The summed E-state index contributed by atoms with van der Waals surface area (Å²) in [5.41, 5.74) is 7.65. The van der Waals surface area contributed by atoms with E-state index in [9.17, 15) is 18.0 Å². The van der Waals surface area contributed by atoms with Crippen LogP contribution in [0.25, 0.3) is 10.9 Å². The van der Waals surface area contributed by atoms with Gasteiger partial charge in [0.2, 0.25) is 17.8 Å². The number of rotatable bonds is 7. The van der Waals surface area contributed by atoms with Gasteiger partial charge in [0.25, 0.3) is 10.1 Å². The maximum atomic E-state index is 13.4. The van der Waals surface area contributed by atoms with Crippen LogP contribution >= 0.6 is 0 Å². The van der Waals surface area contributed by atoms with Crippen LogP contribution in [0.3, 0.4) is 0 Å². The molecule has 14 nitrogen and oxygen atoms in total. The summed E-state index contributed by atoms with van der Waals surface area (Å²) in [7, 11) is 2.56. The van der Waals surface area contributed by atoms with E-state index < -0.39 is 16.0 Å². The van der Waals surface area contributed by atoms with Crippen molar-refractivity contribution in [2.45, 2.75) is 31.2 Å². The van der Waals surface area contributed by atoms with Gasteiger partial charge in [0, 0.05) is 37.0 Å². The standard InChI is InChI=1S/C27H31N5O6.CH4O3S/c1-35-20-6-5-15(11-21(20)36-2)17-13-24(33)32(26(17)34)16-7-9-31(10-8-16)27-29-19-14-23(38-4)22(37-3)12-18(19)25(28)30-27;1-5(2,3)4/h5-6,11-12,14,16-17H,7-10,13H2,1-4H3,(H2,28,29,30);1H3,(H,2,3,4). The minimum absolute atomic E-state index is 0.143. The molecule has 1 aromatic heterocycles. The molecule has 232 valence electrons. The first-order chi connectivity index (χ1) is 20.4. The van der Waals surface area contributed by atoms with Gasteiger partial charge >= 0.3 is 0 Å². The van der Waals surface area contributed by atoms with Gasteiger partial charge in [-0.2, -0.15) is 13.4 Å². The van der Waals surface area contributed by atoms with Crippen LogP contribution in [0.5, 0.6) is 23.0 Å². The van der Waals surface area contributed by atoms with Gasteiger partial charge in [-0.1, -0.05) is 6.07 Å². The van der Waals surface area contributed by atoms with E-state index in [1.807, 2.05) is 11.0 Å².